The van der Waals surface area contributed by atoms with E-state index in [1.165, 1.54) is 12.1 Å². The molecule has 1 aromatic heterocycles. The van der Waals surface area contributed by atoms with Crippen molar-refractivity contribution in [1.82, 2.24) is 19.0 Å². The van der Waals surface area contributed by atoms with E-state index in [-0.39, 0.29) is 25.1 Å². The lowest BCUT2D eigenvalue weighted by molar-refractivity contribution is 0.0362. The minimum Gasteiger partial charge on any atom is -0.378 e. The molecule has 0 N–H and O–H groups in total. The number of nitrogens with zero attached hydrogens (tertiary/aromatic N) is 4. The number of aromatic nitrogens is 2. The van der Waals surface area contributed by atoms with Crippen molar-refractivity contribution in [2.45, 2.75) is 32.1 Å². The minimum absolute atomic E-state index is 0.0366. The van der Waals surface area contributed by atoms with Crippen LogP contribution in [-0.2, 0) is 14.8 Å². The summed E-state index contributed by atoms with van der Waals surface area (Å²) in [6, 6.07) is 10.5. The quantitative estimate of drug-likeness (QED) is 0.533. The van der Waals surface area contributed by atoms with Gasteiger partial charge in [0.15, 0.2) is 0 Å². The SMILES string of the molecule is Cc1cc2c(cnn2-c2ccc(F)cc2)cc1[C@H]1CN(S(=O)(=O)C2COC2)CCN1CC(C)C. The maximum atomic E-state index is 13.4. The number of halogens is 1. The van der Waals surface area contributed by atoms with Gasteiger partial charge in [0.1, 0.15) is 11.1 Å². The summed E-state index contributed by atoms with van der Waals surface area (Å²) >= 11 is 0. The molecule has 7 nitrogen and oxygen atoms in total. The van der Waals surface area contributed by atoms with Gasteiger partial charge in [-0.25, -0.2) is 17.5 Å². The van der Waals surface area contributed by atoms with Crippen molar-refractivity contribution >= 4 is 20.9 Å². The van der Waals surface area contributed by atoms with Crippen molar-refractivity contribution in [3.05, 3.63) is 59.5 Å². The molecule has 5 rings (SSSR count). The first kappa shape index (κ1) is 23.4. The molecule has 0 aliphatic carbocycles. The Bertz CT molecular complexity index is 1290. The molecule has 2 aliphatic heterocycles. The second-order valence-corrected chi connectivity index (χ2v) is 12.0. The molecular formula is C25H31FN4O3S. The highest BCUT2D eigenvalue weighted by Gasteiger charge is 2.41. The molecule has 3 heterocycles. The number of hydrogen-bond donors (Lipinski definition) is 0. The Kier molecular flexibility index (Phi) is 6.22. The highest BCUT2D eigenvalue weighted by Crippen LogP contribution is 2.34. The van der Waals surface area contributed by atoms with Crippen LogP contribution in [-0.4, -0.2) is 72.0 Å². The van der Waals surface area contributed by atoms with Gasteiger partial charge < -0.3 is 4.74 Å². The monoisotopic (exact) mass is 486 g/mol. The Morgan fingerprint density at radius 1 is 1.15 bits per heavy atom. The van der Waals surface area contributed by atoms with Gasteiger partial charge in [-0.2, -0.15) is 9.40 Å². The lowest BCUT2D eigenvalue weighted by Crippen LogP contribution is -2.56. The predicted octanol–water partition coefficient (Wildman–Crippen LogP) is 3.52. The average molecular weight is 487 g/mol. The molecule has 0 saturated carbocycles. The fourth-order valence-electron chi connectivity index (χ4n) is 4.95. The summed E-state index contributed by atoms with van der Waals surface area (Å²) < 4.78 is 48.3. The molecule has 2 saturated heterocycles. The van der Waals surface area contributed by atoms with E-state index in [2.05, 4.69) is 42.9 Å². The molecule has 0 bridgehead atoms. The van der Waals surface area contributed by atoms with Gasteiger partial charge in [0, 0.05) is 37.6 Å². The summed E-state index contributed by atoms with van der Waals surface area (Å²) in [4.78, 5) is 2.41. The third kappa shape index (κ3) is 4.26. The predicted molar refractivity (Wildman–Crippen MR) is 130 cm³/mol. The maximum Gasteiger partial charge on any atom is 0.221 e. The smallest absolute Gasteiger partial charge is 0.221 e. The van der Waals surface area contributed by atoms with Gasteiger partial charge in [-0.15, -0.1) is 0 Å². The highest BCUT2D eigenvalue weighted by molar-refractivity contribution is 7.89. The number of ether oxygens (including phenoxy) is 1. The van der Waals surface area contributed by atoms with Crippen LogP contribution in [0.2, 0.25) is 0 Å². The first-order valence-corrected chi connectivity index (χ1v) is 13.3. The van der Waals surface area contributed by atoms with E-state index in [0.29, 0.717) is 25.6 Å². The van der Waals surface area contributed by atoms with E-state index in [1.807, 2.05) is 10.9 Å². The second kappa shape index (κ2) is 9.03. The molecule has 2 aromatic carbocycles. The lowest BCUT2D eigenvalue weighted by atomic mass is 9.96. The summed E-state index contributed by atoms with van der Waals surface area (Å²) in [7, 11) is -3.37. The molecule has 1 atom stereocenters. The largest absolute Gasteiger partial charge is 0.378 e. The zero-order valence-corrected chi connectivity index (χ0v) is 20.6. The minimum atomic E-state index is -3.37. The molecule has 0 radical (unpaired) electrons. The Balaban J connectivity index is 1.51. The van der Waals surface area contributed by atoms with Gasteiger partial charge in [0.2, 0.25) is 10.0 Å². The summed E-state index contributed by atoms with van der Waals surface area (Å²) in [6.45, 7) is 9.55. The highest BCUT2D eigenvalue weighted by atomic mass is 32.2. The maximum absolute atomic E-state index is 13.4. The number of benzene rings is 2. The van der Waals surface area contributed by atoms with E-state index in [0.717, 1.165) is 34.3 Å². The molecule has 0 spiro atoms. The Hall–Kier alpha value is -2.33. The molecule has 0 unspecified atom stereocenters. The summed E-state index contributed by atoms with van der Waals surface area (Å²) in [6.07, 6.45) is 1.82. The van der Waals surface area contributed by atoms with Gasteiger partial charge >= 0.3 is 0 Å². The van der Waals surface area contributed by atoms with Gasteiger partial charge in [0.25, 0.3) is 0 Å². The van der Waals surface area contributed by atoms with E-state index in [1.54, 1.807) is 16.4 Å². The van der Waals surface area contributed by atoms with Crippen LogP contribution in [0.15, 0.2) is 42.6 Å². The first-order chi connectivity index (χ1) is 16.2. The number of aryl methyl sites for hydroxylation is 1. The van der Waals surface area contributed by atoms with Crippen molar-refractivity contribution < 1.29 is 17.5 Å². The fourth-order valence-corrected chi connectivity index (χ4v) is 6.59. The van der Waals surface area contributed by atoms with Gasteiger partial charge in [-0.1, -0.05) is 13.8 Å². The average Bonchev–Trinajstić information content (AvgIpc) is 3.14. The van der Waals surface area contributed by atoms with E-state index in [4.69, 9.17) is 4.74 Å². The third-order valence-corrected chi connectivity index (χ3v) is 8.99. The molecule has 2 fully saturated rings. The molecular weight excluding hydrogens is 455 g/mol. The normalized spacial score (nSPS) is 20.8. The fraction of sp³-hybridized carbons (Fsp3) is 0.480. The molecule has 182 valence electrons. The van der Waals surface area contributed by atoms with Crippen LogP contribution in [0.3, 0.4) is 0 Å². The van der Waals surface area contributed by atoms with Crippen LogP contribution in [0, 0.1) is 18.7 Å². The molecule has 0 amide bonds. The van der Waals surface area contributed by atoms with Crippen LogP contribution in [0.25, 0.3) is 16.6 Å². The van der Waals surface area contributed by atoms with Crippen LogP contribution >= 0.6 is 0 Å². The summed E-state index contributed by atoms with van der Waals surface area (Å²) in [5, 5.41) is 5.09. The van der Waals surface area contributed by atoms with E-state index in [9.17, 15) is 12.8 Å². The summed E-state index contributed by atoms with van der Waals surface area (Å²) in [5.41, 5.74) is 3.94. The number of rotatable bonds is 6. The zero-order valence-electron chi connectivity index (χ0n) is 19.8. The number of sulfonamides is 1. The number of hydrogen-bond acceptors (Lipinski definition) is 5. The van der Waals surface area contributed by atoms with Gasteiger partial charge in [-0.05, 0) is 60.4 Å². The van der Waals surface area contributed by atoms with E-state index < -0.39 is 15.3 Å². The zero-order chi connectivity index (χ0) is 24.0. The first-order valence-electron chi connectivity index (χ1n) is 11.8. The summed E-state index contributed by atoms with van der Waals surface area (Å²) in [5.74, 6) is 0.185. The third-order valence-electron chi connectivity index (χ3n) is 6.83. The van der Waals surface area contributed by atoms with Crippen LogP contribution in [0.1, 0.15) is 31.0 Å². The van der Waals surface area contributed by atoms with Crippen molar-refractivity contribution in [2.24, 2.45) is 5.92 Å². The topological polar surface area (TPSA) is 67.7 Å². The number of piperazine rings is 1. The van der Waals surface area contributed by atoms with Crippen molar-refractivity contribution in [3.63, 3.8) is 0 Å². The Labute approximate surface area is 200 Å². The molecule has 9 heteroatoms. The second-order valence-electron chi connectivity index (χ2n) is 9.77. The molecule has 3 aromatic rings. The standard InChI is InChI=1S/C25H31FN4O3S/c1-17(2)13-28-8-9-29(34(31,32)22-15-33-16-22)14-25(28)23-11-19-12-27-30(24(19)10-18(23)3)21-6-4-20(26)5-7-21/h4-7,10-12,17,22,25H,8-9,13-16H2,1-3H3/t25-/m1/s1. The molecule has 34 heavy (non-hydrogen) atoms. The van der Waals surface area contributed by atoms with Crippen molar-refractivity contribution in [3.8, 4) is 5.69 Å². The van der Waals surface area contributed by atoms with Crippen molar-refractivity contribution in [1.29, 1.82) is 0 Å². The number of fused-ring (bicyclic) bond motifs is 1. The van der Waals surface area contributed by atoms with Gasteiger partial charge in [0.05, 0.1) is 30.6 Å². The Morgan fingerprint density at radius 3 is 2.53 bits per heavy atom. The van der Waals surface area contributed by atoms with Crippen LogP contribution in [0.5, 0.6) is 0 Å². The van der Waals surface area contributed by atoms with Crippen molar-refractivity contribution in [2.75, 3.05) is 39.4 Å². The lowest BCUT2D eigenvalue weighted by Gasteiger charge is -2.44. The van der Waals surface area contributed by atoms with E-state index >= 15 is 0 Å². The van der Waals surface area contributed by atoms with Crippen LogP contribution in [0.4, 0.5) is 4.39 Å². The van der Waals surface area contributed by atoms with Gasteiger partial charge in [-0.3, -0.25) is 4.90 Å². The van der Waals surface area contributed by atoms with Crippen LogP contribution < -0.4 is 0 Å². The molecule has 2 aliphatic rings. The Morgan fingerprint density at radius 2 is 1.88 bits per heavy atom.